The summed E-state index contributed by atoms with van der Waals surface area (Å²) in [7, 11) is 0. The molecule has 56 valence electrons. The van der Waals surface area contributed by atoms with E-state index in [1.807, 2.05) is 6.07 Å². The van der Waals surface area contributed by atoms with Gasteiger partial charge in [0.1, 0.15) is 0 Å². The van der Waals surface area contributed by atoms with Gasteiger partial charge in [-0.05, 0) is 22.0 Å². The lowest BCUT2D eigenvalue weighted by Gasteiger charge is -2.10. The van der Waals surface area contributed by atoms with Gasteiger partial charge in [0.2, 0.25) is 0 Å². The topological polar surface area (TPSA) is 37.3 Å². The first kappa shape index (κ1) is 6.79. The predicted octanol–water partition coefficient (Wildman–Crippen LogP) is 1.80. The lowest BCUT2D eigenvalue weighted by molar-refractivity contribution is 0.981. The molecule has 0 saturated heterocycles. The molecule has 0 amide bonds. The van der Waals surface area contributed by atoms with Crippen LogP contribution in [0.25, 0.3) is 0 Å². The molecule has 0 fully saturated rings. The Kier molecular flexibility index (Phi) is 1.62. The highest BCUT2D eigenvalue weighted by Crippen LogP contribution is 2.20. The highest BCUT2D eigenvalue weighted by atomic mass is 79.9. The summed E-state index contributed by atoms with van der Waals surface area (Å²) < 4.78 is 0.985. The molecular weight excluding hydrogens is 206 g/mol. The Labute approximate surface area is 72.7 Å². The lowest BCUT2D eigenvalue weighted by atomic mass is 10.3. The van der Waals surface area contributed by atoms with E-state index >= 15 is 0 Å². The molecule has 2 rings (SSSR count). The quantitative estimate of drug-likeness (QED) is 0.711. The second-order valence-electron chi connectivity index (χ2n) is 2.26. The first-order chi connectivity index (χ1) is 5.36. The highest BCUT2D eigenvalue weighted by molar-refractivity contribution is 9.10. The minimum absolute atomic E-state index is 0.676. The Morgan fingerprint density at radius 2 is 2.45 bits per heavy atom. The first-order valence-electron chi connectivity index (χ1n) is 3.25. The van der Waals surface area contributed by atoms with Crippen LogP contribution in [0, 0.1) is 0 Å². The summed E-state index contributed by atoms with van der Waals surface area (Å²) in [4.78, 5) is 8.23. The van der Waals surface area contributed by atoms with Gasteiger partial charge < -0.3 is 5.32 Å². The maximum atomic E-state index is 4.20. The fourth-order valence-corrected chi connectivity index (χ4v) is 1.30. The monoisotopic (exact) mass is 211 g/mol. The number of aromatic nitrogens is 1. The van der Waals surface area contributed by atoms with Gasteiger partial charge in [0.15, 0.2) is 0 Å². The molecule has 0 aliphatic carbocycles. The molecule has 1 aliphatic heterocycles. The van der Waals surface area contributed by atoms with Gasteiger partial charge >= 0.3 is 0 Å². The number of anilines is 1. The van der Waals surface area contributed by atoms with Crippen LogP contribution in [0.2, 0.25) is 0 Å². The van der Waals surface area contributed by atoms with Crippen molar-refractivity contribution in [2.45, 2.75) is 6.54 Å². The third-order valence-corrected chi connectivity index (χ3v) is 1.92. The molecule has 0 unspecified atom stereocenters. The van der Waals surface area contributed by atoms with E-state index < -0.39 is 0 Å². The Morgan fingerprint density at radius 3 is 3.36 bits per heavy atom. The normalized spacial score (nSPS) is 13.9. The molecule has 1 aromatic rings. The number of fused-ring (bicyclic) bond motifs is 1. The van der Waals surface area contributed by atoms with Crippen LogP contribution in [0.1, 0.15) is 5.69 Å². The zero-order valence-electron chi connectivity index (χ0n) is 5.71. The number of rotatable bonds is 0. The molecule has 1 aromatic heterocycles. The molecule has 0 saturated carbocycles. The number of nitrogens with zero attached hydrogens (tertiary/aromatic N) is 2. The van der Waals surface area contributed by atoms with Crippen LogP contribution in [-0.2, 0) is 6.54 Å². The second-order valence-corrected chi connectivity index (χ2v) is 3.18. The van der Waals surface area contributed by atoms with Crippen LogP contribution in [0.15, 0.2) is 21.7 Å². The minimum atomic E-state index is 0.676. The van der Waals surface area contributed by atoms with Crippen LogP contribution in [0.4, 0.5) is 5.69 Å². The molecule has 4 heteroatoms. The van der Waals surface area contributed by atoms with Crippen molar-refractivity contribution in [1.82, 2.24) is 4.98 Å². The van der Waals surface area contributed by atoms with Gasteiger partial charge in [0, 0.05) is 10.7 Å². The predicted molar refractivity (Wildman–Crippen MR) is 47.8 cm³/mol. The average molecular weight is 212 g/mol. The number of pyridine rings is 1. The summed E-state index contributed by atoms with van der Waals surface area (Å²) in [6, 6.07) is 1.99. The maximum Gasteiger partial charge on any atom is 0.0873 e. The number of aliphatic imine (C=N–C) groups is 1. The summed E-state index contributed by atoms with van der Waals surface area (Å²) in [5, 5.41) is 3.02. The molecule has 0 atom stereocenters. The Bertz CT molecular complexity index is 309. The smallest absolute Gasteiger partial charge is 0.0873 e. The third kappa shape index (κ3) is 1.26. The summed E-state index contributed by atoms with van der Waals surface area (Å²) in [6.45, 7) is 0.676. The molecule has 1 N–H and O–H groups in total. The lowest BCUT2D eigenvalue weighted by Crippen LogP contribution is -2.06. The van der Waals surface area contributed by atoms with Gasteiger partial charge in [-0.3, -0.25) is 9.98 Å². The average Bonchev–Trinajstić information content (AvgIpc) is 2.04. The van der Waals surface area contributed by atoms with Gasteiger partial charge in [0.05, 0.1) is 24.3 Å². The van der Waals surface area contributed by atoms with Crippen molar-refractivity contribution in [3.05, 3.63) is 22.4 Å². The van der Waals surface area contributed by atoms with Crippen LogP contribution >= 0.6 is 15.9 Å². The van der Waals surface area contributed by atoms with E-state index in [9.17, 15) is 0 Å². The first-order valence-corrected chi connectivity index (χ1v) is 4.05. The van der Waals surface area contributed by atoms with Crippen molar-refractivity contribution in [2.75, 3.05) is 5.32 Å². The molecule has 3 nitrogen and oxygen atoms in total. The van der Waals surface area contributed by atoms with Gasteiger partial charge in [-0.15, -0.1) is 0 Å². The fourth-order valence-electron chi connectivity index (χ4n) is 0.966. The number of nitrogens with one attached hydrogen (secondary N) is 1. The molecule has 11 heavy (non-hydrogen) atoms. The van der Waals surface area contributed by atoms with Crippen LogP contribution in [-0.4, -0.2) is 11.3 Å². The summed E-state index contributed by atoms with van der Waals surface area (Å²) in [6.07, 6.45) is 3.47. The number of halogens is 1. The van der Waals surface area contributed by atoms with Gasteiger partial charge in [0.25, 0.3) is 0 Å². The minimum Gasteiger partial charge on any atom is -0.345 e. The molecule has 0 spiro atoms. The van der Waals surface area contributed by atoms with Crippen molar-refractivity contribution < 1.29 is 0 Å². The summed E-state index contributed by atoms with van der Waals surface area (Å²) in [5.74, 6) is 0. The summed E-state index contributed by atoms with van der Waals surface area (Å²) >= 11 is 3.34. The molecule has 1 aliphatic rings. The van der Waals surface area contributed by atoms with E-state index in [1.54, 1.807) is 12.5 Å². The molecule has 0 bridgehead atoms. The molecule has 2 heterocycles. The van der Waals surface area contributed by atoms with Crippen molar-refractivity contribution in [3.63, 3.8) is 0 Å². The van der Waals surface area contributed by atoms with E-state index in [0.717, 1.165) is 15.9 Å². The van der Waals surface area contributed by atoms with E-state index in [0.29, 0.717) is 6.54 Å². The van der Waals surface area contributed by atoms with Crippen molar-refractivity contribution in [3.8, 4) is 0 Å². The highest BCUT2D eigenvalue weighted by Gasteiger charge is 2.05. The Hall–Kier alpha value is -0.900. The van der Waals surface area contributed by atoms with Crippen molar-refractivity contribution in [2.24, 2.45) is 4.99 Å². The summed E-state index contributed by atoms with van der Waals surface area (Å²) in [5.41, 5.74) is 2.03. The van der Waals surface area contributed by atoms with Gasteiger partial charge in [-0.25, -0.2) is 0 Å². The second kappa shape index (κ2) is 2.62. The molecule has 0 aromatic carbocycles. The van der Waals surface area contributed by atoms with Crippen molar-refractivity contribution in [1.29, 1.82) is 0 Å². The van der Waals surface area contributed by atoms with E-state index in [4.69, 9.17) is 0 Å². The van der Waals surface area contributed by atoms with Gasteiger partial charge in [-0.2, -0.15) is 0 Å². The van der Waals surface area contributed by atoms with Crippen molar-refractivity contribution >= 4 is 28.0 Å². The van der Waals surface area contributed by atoms with E-state index in [1.165, 1.54) is 0 Å². The van der Waals surface area contributed by atoms with Crippen LogP contribution < -0.4 is 5.32 Å². The van der Waals surface area contributed by atoms with Crippen LogP contribution in [0.5, 0.6) is 0 Å². The zero-order chi connectivity index (χ0) is 7.68. The molecule has 0 radical (unpaired) electrons. The van der Waals surface area contributed by atoms with E-state index in [-0.39, 0.29) is 0 Å². The zero-order valence-corrected chi connectivity index (χ0v) is 7.30. The van der Waals surface area contributed by atoms with Crippen LogP contribution in [0.3, 0.4) is 0 Å². The number of hydrogen-bond donors (Lipinski definition) is 1. The number of hydrogen-bond acceptors (Lipinski definition) is 3. The van der Waals surface area contributed by atoms with Gasteiger partial charge in [-0.1, -0.05) is 0 Å². The maximum absolute atomic E-state index is 4.20. The fraction of sp³-hybridized carbons (Fsp3) is 0.143. The standard InChI is InChI=1S/C7H6BrN3/c8-5-1-6-7(10-2-5)3-9-4-11-6/h1-2,4H,3H2,(H,9,11). The SMILES string of the molecule is Brc1cnc2c(c1)NC=NC2. The van der Waals surface area contributed by atoms with E-state index in [2.05, 4.69) is 31.2 Å². The third-order valence-electron chi connectivity index (χ3n) is 1.49. The Balaban J connectivity index is 2.48. The largest absolute Gasteiger partial charge is 0.345 e. The molecular formula is C7H6BrN3. The Morgan fingerprint density at radius 1 is 1.55 bits per heavy atom.